The van der Waals surface area contributed by atoms with Crippen molar-refractivity contribution in [2.45, 2.75) is 0 Å². The lowest BCUT2D eigenvalue weighted by molar-refractivity contribution is 0.0680. The molecule has 0 aliphatic carbocycles. The minimum atomic E-state index is -1.51. The van der Waals surface area contributed by atoms with Gasteiger partial charge in [-0.05, 0) is 0 Å². The molecule has 0 unspecified atom stereocenters. The van der Waals surface area contributed by atoms with Crippen molar-refractivity contribution < 1.29 is 24.6 Å². The molecule has 0 atom stereocenters. The largest absolute Gasteiger partial charge is 0.476 e. The SMILES string of the molecule is O=C(O)c1nc(-c2ccccc2)nc(C(=O)O)c1C(=O)c1ccccc1. The third-order valence-electron chi connectivity index (χ3n) is 3.61. The van der Waals surface area contributed by atoms with Gasteiger partial charge in [-0.1, -0.05) is 60.7 Å². The average Bonchev–Trinajstić information content (AvgIpc) is 2.67. The first kappa shape index (κ1) is 17.0. The fraction of sp³-hybridized carbons (Fsp3) is 0. The molecule has 0 bridgehead atoms. The highest BCUT2D eigenvalue weighted by Gasteiger charge is 2.29. The Labute approximate surface area is 147 Å². The van der Waals surface area contributed by atoms with Crippen LogP contribution < -0.4 is 0 Å². The number of carboxylic acid groups (broad SMARTS) is 2. The van der Waals surface area contributed by atoms with Gasteiger partial charge >= 0.3 is 11.9 Å². The smallest absolute Gasteiger partial charge is 0.355 e. The summed E-state index contributed by atoms with van der Waals surface area (Å²) in [5.74, 6) is -3.86. The first-order chi connectivity index (χ1) is 12.5. The molecule has 0 amide bonds. The molecule has 0 aliphatic heterocycles. The van der Waals surface area contributed by atoms with Crippen LogP contribution in [-0.2, 0) is 0 Å². The molecule has 128 valence electrons. The number of carbonyl (C=O) groups is 3. The van der Waals surface area contributed by atoms with Gasteiger partial charge in [0.25, 0.3) is 0 Å². The summed E-state index contributed by atoms with van der Waals surface area (Å²) in [4.78, 5) is 44.0. The average molecular weight is 348 g/mol. The van der Waals surface area contributed by atoms with E-state index in [-0.39, 0.29) is 11.4 Å². The van der Waals surface area contributed by atoms with Gasteiger partial charge in [-0.2, -0.15) is 0 Å². The topological polar surface area (TPSA) is 117 Å². The summed E-state index contributed by atoms with van der Waals surface area (Å²) in [5.41, 5.74) is -1.25. The minimum absolute atomic E-state index is 0.0787. The van der Waals surface area contributed by atoms with Gasteiger partial charge < -0.3 is 10.2 Å². The summed E-state index contributed by atoms with van der Waals surface area (Å²) in [7, 11) is 0. The standard InChI is InChI=1S/C19H12N2O5/c22-16(11-7-3-1-4-8-11)13-14(18(23)24)20-17(21-15(13)19(25)26)12-9-5-2-6-10-12/h1-10H,(H,23,24)(H,25,26). The number of ketones is 1. The highest BCUT2D eigenvalue weighted by molar-refractivity contribution is 6.17. The molecule has 0 saturated heterocycles. The maximum atomic E-state index is 12.7. The van der Waals surface area contributed by atoms with Gasteiger partial charge in [0.05, 0.1) is 5.56 Å². The van der Waals surface area contributed by atoms with Gasteiger partial charge in [0.2, 0.25) is 0 Å². The Morgan fingerprint density at radius 2 is 1.15 bits per heavy atom. The van der Waals surface area contributed by atoms with Crippen molar-refractivity contribution in [3.05, 3.63) is 83.2 Å². The molecule has 26 heavy (non-hydrogen) atoms. The molecule has 1 aromatic heterocycles. The Bertz CT molecular complexity index is 966. The van der Waals surface area contributed by atoms with Crippen LogP contribution in [-0.4, -0.2) is 37.9 Å². The van der Waals surface area contributed by atoms with Gasteiger partial charge in [0.1, 0.15) is 0 Å². The third-order valence-corrected chi connectivity index (χ3v) is 3.61. The zero-order valence-corrected chi connectivity index (χ0v) is 13.3. The Morgan fingerprint density at radius 3 is 1.62 bits per heavy atom. The molecule has 1 heterocycles. The van der Waals surface area contributed by atoms with E-state index in [1.54, 1.807) is 48.5 Å². The van der Waals surface area contributed by atoms with Crippen LogP contribution in [0.15, 0.2) is 60.7 Å². The van der Waals surface area contributed by atoms with E-state index in [2.05, 4.69) is 9.97 Å². The van der Waals surface area contributed by atoms with Crippen molar-refractivity contribution in [1.82, 2.24) is 9.97 Å². The second kappa shape index (κ2) is 6.94. The first-order valence-corrected chi connectivity index (χ1v) is 7.53. The molecule has 2 aromatic carbocycles. The molecule has 3 aromatic rings. The molecular weight excluding hydrogens is 336 g/mol. The molecular formula is C19H12N2O5. The van der Waals surface area contributed by atoms with Crippen LogP contribution in [0.4, 0.5) is 0 Å². The Morgan fingerprint density at radius 1 is 0.692 bits per heavy atom. The Hall–Kier alpha value is -3.87. The van der Waals surface area contributed by atoms with Crippen LogP contribution in [0.5, 0.6) is 0 Å². The zero-order chi connectivity index (χ0) is 18.7. The van der Waals surface area contributed by atoms with E-state index in [1.807, 2.05) is 0 Å². The zero-order valence-electron chi connectivity index (χ0n) is 13.3. The van der Waals surface area contributed by atoms with Crippen LogP contribution in [0.3, 0.4) is 0 Å². The quantitative estimate of drug-likeness (QED) is 0.681. The monoisotopic (exact) mass is 348 g/mol. The van der Waals surface area contributed by atoms with E-state index in [1.165, 1.54) is 12.1 Å². The number of aromatic nitrogens is 2. The van der Waals surface area contributed by atoms with Gasteiger partial charge in [-0.25, -0.2) is 19.6 Å². The number of hydrogen-bond acceptors (Lipinski definition) is 5. The number of aromatic carboxylic acids is 2. The first-order valence-electron chi connectivity index (χ1n) is 7.53. The number of benzene rings is 2. The fourth-order valence-corrected chi connectivity index (χ4v) is 2.44. The van der Waals surface area contributed by atoms with Crippen LogP contribution >= 0.6 is 0 Å². The maximum Gasteiger partial charge on any atom is 0.355 e. The molecule has 2 N–H and O–H groups in total. The highest BCUT2D eigenvalue weighted by Crippen LogP contribution is 2.22. The molecule has 3 rings (SSSR count). The molecule has 0 saturated carbocycles. The van der Waals surface area contributed by atoms with E-state index >= 15 is 0 Å². The molecule has 0 spiro atoms. The van der Waals surface area contributed by atoms with Gasteiger partial charge in [0.15, 0.2) is 23.0 Å². The van der Waals surface area contributed by atoms with E-state index in [0.717, 1.165) is 0 Å². The van der Waals surface area contributed by atoms with E-state index in [9.17, 15) is 24.6 Å². The lowest BCUT2D eigenvalue weighted by atomic mass is 9.99. The summed E-state index contributed by atoms with van der Waals surface area (Å²) in [6.45, 7) is 0. The number of carbonyl (C=O) groups excluding carboxylic acids is 1. The normalized spacial score (nSPS) is 10.3. The van der Waals surface area contributed by atoms with Crippen LogP contribution in [0.1, 0.15) is 36.9 Å². The summed E-state index contributed by atoms with van der Waals surface area (Å²) in [6, 6.07) is 16.1. The van der Waals surface area contributed by atoms with Gasteiger partial charge in [0, 0.05) is 11.1 Å². The summed E-state index contributed by atoms with van der Waals surface area (Å²) in [5, 5.41) is 19.0. The Balaban J connectivity index is 2.28. The molecule has 7 nitrogen and oxygen atoms in total. The molecule has 0 aliphatic rings. The second-order valence-electron chi connectivity index (χ2n) is 5.29. The lowest BCUT2D eigenvalue weighted by Crippen LogP contribution is -2.20. The number of nitrogens with zero attached hydrogens (tertiary/aromatic N) is 2. The van der Waals surface area contributed by atoms with Crippen LogP contribution in [0.2, 0.25) is 0 Å². The van der Waals surface area contributed by atoms with Crippen LogP contribution in [0.25, 0.3) is 11.4 Å². The van der Waals surface area contributed by atoms with Gasteiger partial charge in [-0.3, -0.25) is 4.79 Å². The third kappa shape index (κ3) is 3.18. The Kier molecular flexibility index (Phi) is 4.53. The van der Waals surface area contributed by atoms with Crippen molar-refractivity contribution >= 4 is 17.7 Å². The minimum Gasteiger partial charge on any atom is -0.476 e. The fourth-order valence-electron chi connectivity index (χ4n) is 2.44. The van der Waals surface area contributed by atoms with Crippen molar-refractivity contribution in [2.24, 2.45) is 0 Å². The molecule has 7 heteroatoms. The van der Waals surface area contributed by atoms with E-state index in [0.29, 0.717) is 5.56 Å². The number of carboxylic acids is 2. The maximum absolute atomic E-state index is 12.7. The summed E-state index contributed by atoms with van der Waals surface area (Å²) >= 11 is 0. The van der Waals surface area contributed by atoms with Crippen molar-refractivity contribution in [3.8, 4) is 11.4 Å². The van der Waals surface area contributed by atoms with E-state index < -0.39 is 34.7 Å². The predicted octanol–water partition coefficient (Wildman–Crippen LogP) is 2.77. The number of rotatable bonds is 5. The predicted molar refractivity (Wildman–Crippen MR) is 91.3 cm³/mol. The number of hydrogen-bond donors (Lipinski definition) is 2. The summed E-state index contributed by atoms with van der Waals surface area (Å²) in [6.07, 6.45) is 0. The van der Waals surface area contributed by atoms with E-state index in [4.69, 9.17) is 0 Å². The van der Waals surface area contributed by atoms with Crippen molar-refractivity contribution in [1.29, 1.82) is 0 Å². The van der Waals surface area contributed by atoms with Crippen LogP contribution in [0, 0.1) is 0 Å². The lowest BCUT2D eigenvalue weighted by Gasteiger charge is -2.10. The second-order valence-corrected chi connectivity index (χ2v) is 5.29. The molecule has 0 radical (unpaired) electrons. The van der Waals surface area contributed by atoms with Crippen molar-refractivity contribution in [2.75, 3.05) is 0 Å². The molecule has 0 fully saturated rings. The highest BCUT2D eigenvalue weighted by atomic mass is 16.4. The summed E-state index contributed by atoms with van der Waals surface area (Å²) < 4.78 is 0. The van der Waals surface area contributed by atoms with Crippen molar-refractivity contribution in [3.63, 3.8) is 0 Å². The van der Waals surface area contributed by atoms with Gasteiger partial charge in [-0.15, -0.1) is 0 Å².